The molecule has 2 aromatic rings. The lowest BCUT2D eigenvalue weighted by molar-refractivity contribution is 0.0963. The van der Waals surface area contributed by atoms with Gasteiger partial charge in [0, 0.05) is 18.2 Å². The first-order chi connectivity index (χ1) is 12.5. The number of ether oxygens (including phenoxy) is 1. The summed E-state index contributed by atoms with van der Waals surface area (Å²) < 4.78 is 5.26. The van der Waals surface area contributed by atoms with Crippen LogP contribution in [0.15, 0.2) is 53.1 Å². The summed E-state index contributed by atoms with van der Waals surface area (Å²) in [5, 5.41) is 8.81. The number of hydrazone groups is 1. The van der Waals surface area contributed by atoms with Gasteiger partial charge in [0.2, 0.25) is 0 Å². The Morgan fingerprint density at radius 3 is 2.85 bits per heavy atom. The first kappa shape index (κ1) is 17.7. The van der Waals surface area contributed by atoms with Crippen LogP contribution in [0.1, 0.15) is 21.5 Å². The summed E-state index contributed by atoms with van der Waals surface area (Å²) in [5.74, 6) is 0.643. The Bertz CT molecular complexity index is 889. The number of carbonyl (C=O) groups is 1. The second kappa shape index (κ2) is 7.41. The third-order valence-electron chi connectivity index (χ3n) is 4.31. The largest absolute Gasteiger partial charge is 0.497 e. The molecule has 1 unspecified atom stereocenters. The molecule has 0 fully saturated rings. The van der Waals surface area contributed by atoms with E-state index >= 15 is 0 Å². The molecule has 26 heavy (non-hydrogen) atoms. The summed E-state index contributed by atoms with van der Waals surface area (Å²) in [6.45, 7) is 1.97. The topological polar surface area (TPSA) is 80.0 Å². The molecule has 1 aliphatic heterocycles. The quantitative estimate of drug-likeness (QED) is 0.888. The molecule has 1 amide bonds. The molecule has 0 aromatic heterocycles. The molecule has 1 atom stereocenters. The highest BCUT2D eigenvalue weighted by molar-refractivity contribution is 5.96. The second-order valence-corrected chi connectivity index (χ2v) is 6.04. The Morgan fingerprint density at radius 2 is 2.12 bits per heavy atom. The number of hydrogen-bond donors (Lipinski definition) is 2. The number of amides is 1. The Hall–Kier alpha value is -3.12. The lowest BCUT2D eigenvalue weighted by Gasteiger charge is -2.23. The number of hydrogen-bond acceptors (Lipinski definition) is 5. The molecule has 6 heteroatoms. The molecule has 134 valence electrons. The summed E-state index contributed by atoms with van der Waals surface area (Å²) in [5.41, 5.74) is 10.6. The predicted octanol–water partition coefficient (Wildman–Crippen LogP) is 2.54. The van der Waals surface area contributed by atoms with E-state index in [-0.39, 0.29) is 5.91 Å². The van der Waals surface area contributed by atoms with Gasteiger partial charge >= 0.3 is 0 Å². The first-order valence-electron chi connectivity index (χ1n) is 8.30. The summed E-state index contributed by atoms with van der Waals surface area (Å²) in [4.78, 5) is 11.9. The second-order valence-electron chi connectivity index (χ2n) is 6.04. The maximum atomic E-state index is 11.9. The van der Waals surface area contributed by atoms with Crippen LogP contribution in [0, 0.1) is 6.92 Å². The molecule has 3 rings (SSSR count). The van der Waals surface area contributed by atoms with Crippen molar-refractivity contribution in [1.82, 2.24) is 5.32 Å². The SMILES string of the molecule is CNC(=O)c1ccc(C)c(N2N=CC(=Cc3cccc(OC)c3)C2N)c1. The highest BCUT2D eigenvalue weighted by Crippen LogP contribution is 2.28. The Labute approximate surface area is 153 Å². The Balaban J connectivity index is 1.90. The summed E-state index contributed by atoms with van der Waals surface area (Å²) in [7, 11) is 3.25. The highest BCUT2D eigenvalue weighted by atomic mass is 16.5. The lowest BCUT2D eigenvalue weighted by Crippen LogP contribution is -2.36. The third-order valence-corrected chi connectivity index (χ3v) is 4.31. The number of anilines is 1. The van der Waals surface area contributed by atoms with E-state index in [1.807, 2.05) is 43.3 Å². The van der Waals surface area contributed by atoms with Crippen LogP contribution in [0.5, 0.6) is 5.75 Å². The number of methoxy groups -OCH3 is 1. The van der Waals surface area contributed by atoms with Crippen molar-refractivity contribution in [2.45, 2.75) is 13.1 Å². The van der Waals surface area contributed by atoms with Crippen molar-refractivity contribution in [2.24, 2.45) is 10.8 Å². The Kier molecular flexibility index (Phi) is 5.04. The summed E-state index contributed by atoms with van der Waals surface area (Å²) >= 11 is 0. The van der Waals surface area contributed by atoms with Crippen molar-refractivity contribution in [3.8, 4) is 5.75 Å². The van der Waals surface area contributed by atoms with Gasteiger partial charge in [-0.25, -0.2) is 5.01 Å². The Morgan fingerprint density at radius 1 is 1.31 bits per heavy atom. The smallest absolute Gasteiger partial charge is 0.251 e. The average molecular weight is 350 g/mol. The minimum atomic E-state index is -0.431. The van der Waals surface area contributed by atoms with E-state index in [9.17, 15) is 4.79 Å². The fraction of sp³-hybridized carbons (Fsp3) is 0.200. The summed E-state index contributed by atoms with van der Waals surface area (Å²) in [6, 6.07) is 13.2. The van der Waals surface area contributed by atoms with Crippen molar-refractivity contribution in [2.75, 3.05) is 19.2 Å². The van der Waals surface area contributed by atoms with Gasteiger partial charge in [0.15, 0.2) is 0 Å². The molecule has 0 saturated heterocycles. The van der Waals surface area contributed by atoms with Crippen LogP contribution >= 0.6 is 0 Å². The standard InChI is InChI=1S/C20H22N4O2/c1-13-7-8-15(20(25)22-2)11-18(13)24-19(21)16(12-23-24)9-14-5-4-6-17(10-14)26-3/h4-12,19H,21H2,1-3H3,(H,22,25). The van der Waals surface area contributed by atoms with Crippen molar-refractivity contribution >= 4 is 23.9 Å². The van der Waals surface area contributed by atoms with Crippen LogP contribution in [-0.4, -0.2) is 32.4 Å². The van der Waals surface area contributed by atoms with Gasteiger partial charge in [0.1, 0.15) is 11.9 Å². The molecule has 0 spiro atoms. The summed E-state index contributed by atoms with van der Waals surface area (Å²) in [6.07, 6.45) is 3.30. The van der Waals surface area contributed by atoms with Gasteiger partial charge in [-0.3, -0.25) is 4.79 Å². The molecular formula is C20H22N4O2. The highest BCUT2D eigenvalue weighted by Gasteiger charge is 2.25. The molecule has 0 radical (unpaired) electrons. The van der Waals surface area contributed by atoms with Crippen LogP contribution in [-0.2, 0) is 0 Å². The zero-order valence-corrected chi connectivity index (χ0v) is 15.1. The zero-order chi connectivity index (χ0) is 18.7. The number of carbonyl (C=O) groups excluding carboxylic acids is 1. The van der Waals surface area contributed by atoms with E-state index in [0.717, 1.165) is 28.1 Å². The maximum Gasteiger partial charge on any atom is 0.251 e. The monoisotopic (exact) mass is 350 g/mol. The van der Waals surface area contributed by atoms with Crippen molar-refractivity contribution in [1.29, 1.82) is 0 Å². The van der Waals surface area contributed by atoms with Gasteiger partial charge < -0.3 is 15.8 Å². The van der Waals surface area contributed by atoms with Gasteiger partial charge in [-0.15, -0.1) is 0 Å². The van der Waals surface area contributed by atoms with E-state index < -0.39 is 6.17 Å². The number of nitrogens with zero attached hydrogens (tertiary/aromatic N) is 2. The van der Waals surface area contributed by atoms with E-state index in [4.69, 9.17) is 10.5 Å². The minimum Gasteiger partial charge on any atom is -0.497 e. The van der Waals surface area contributed by atoms with Gasteiger partial charge in [-0.1, -0.05) is 18.2 Å². The third kappa shape index (κ3) is 3.45. The number of nitrogens with two attached hydrogens (primary N) is 1. The molecule has 0 saturated carbocycles. The molecular weight excluding hydrogens is 328 g/mol. The van der Waals surface area contributed by atoms with Crippen LogP contribution in [0.3, 0.4) is 0 Å². The molecule has 3 N–H and O–H groups in total. The van der Waals surface area contributed by atoms with Gasteiger partial charge in [0.25, 0.3) is 5.91 Å². The molecule has 1 aliphatic rings. The molecule has 0 aliphatic carbocycles. The molecule has 1 heterocycles. The van der Waals surface area contributed by atoms with E-state index in [1.54, 1.807) is 37.5 Å². The van der Waals surface area contributed by atoms with E-state index in [2.05, 4.69) is 10.4 Å². The fourth-order valence-electron chi connectivity index (χ4n) is 2.82. The normalized spacial score (nSPS) is 17.6. The predicted molar refractivity (Wildman–Crippen MR) is 104 cm³/mol. The van der Waals surface area contributed by atoms with Crippen molar-refractivity contribution < 1.29 is 9.53 Å². The van der Waals surface area contributed by atoms with Crippen LogP contribution in [0.4, 0.5) is 5.69 Å². The average Bonchev–Trinajstić information content (AvgIpc) is 3.02. The van der Waals surface area contributed by atoms with Gasteiger partial charge in [0.05, 0.1) is 19.0 Å². The van der Waals surface area contributed by atoms with Crippen LogP contribution < -0.4 is 20.8 Å². The maximum absolute atomic E-state index is 11.9. The number of rotatable bonds is 4. The van der Waals surface area contributed by atoms with E-state index in [1.165, 1.54) is 0 Å². The van der Waals surface area contributed by atoms with Crippen molar-refractivity contribution in [3.05, 3.63) is 64.7 Å². The molecule has 0 bridgehead atoms. The first-order valence-corrected chi connectivity index (χ1v) is 8.30. The lowest BCUT2D eigenvalue weighted by atomic mass is 10.1. The number of aryl methyl sites for hydroxylation is 1. The molecule has 6 nitrogen and oxygen atoms in total. The van der Waals surface area contributed by atoms with E-state index in [0.29, 0.717) is 5.56 Å². The molecule has 2 aromatic carbocycles. The van der Waals surface area contributed by atoms with Crippen molar-refractivity contribution in [3.63, 3.8) is 0 Å². The zero-order valence-electron chi connectivity index (χ0n) is 15.1. The van der Waals surface area contributed by atoms with Crippen LogP contribution in [0.2, 0.25) is 0 Å². The fourth-order valence-corrected chi connectivity index (χ4v) is 2.82. The van der Waals surface area contributed by atoms with Gasteiger partial charge in [-0.05, 0) is 48.4 Å². The number of benzene rings is 2. The van der Waals surface area contributed by atoms with Gasteiger partial charge in [-0.2, -0.15) is 5.10 Å². The van der Waals surface area contributed by atoms with Crippen LogP contribution in [0.25, 0.3) is 6.08 Å². The number of nitrogens with one attached hydrogen (secondary N) is 1. The minimum absolute atomic E-state index is 0.143.